The number of hydrogen-bond acceptors (Lipinski definition) is 3. The van der Waals surface area contributed by atoms with Crippen molar-refractivity contribution in [1.29, 1.82) is 0 Å². The number of amides is 2. The summed E-state index contributed by atoms with van der Waals surface area (Å²) in [6, 6.07) is 1.11. The van der Waals surface area contributed by atoms with Gasteiger partial charge in [0, 0.05) is 19.3 Å². The minimum absolute atomic E-state index is 0.0625. The lowest BCUT2D eigenvalue weighted by atomic mass is 10.1. The number of aliphatic carboxylic acids is 1. The zero-order chi connectivity index (χ0) is 14.3. The number of aryl methyl sites for hydroxylation is 1. The Balaban J connectivity index is 2.39. The third-order valence-corrected chi connectivity index (χ3v) is 2.75. The minimum atomic E-state index is -0.912. The van der Waals surface area contributed by atoms with E-state index in [1.54, 1.807) is 24.0 Å². The standard InChI is InChI=1S/C12H20N4O3/c1-3-4-9(7-11(17)18)15-12(19)13-8-10-5-6-14-16(10)2/h5-6,9H,3-4,7-8H2,1-2H3,(H,17,18)(H2,13,15,19). The van der Waals surface area contributed by atoms with Gasteiger partial charge in [0.25, 0.3) is 0 Å². The van der Waals surface area contributed by atoms with E-state index in [0.717, 1.165) is 12.1 Å². The molecule has 7 heteroatoms. The molecular weight excluding hydrogens is 248 g/mol. The van der Waals surface area contributed by atoms with Gasteiger partial charge in [0.1, 0.15) is 0 Å². The molecule has 1 atom stereocenters. The molecule has 0 aliphatic heterocycles. The Hall–Kier alpha value is -2.05. The monoisotopic (exact) mass is 268 g/mol. The molecule has 106 valence electrons. The molecule has 0 saturated heterocycles. The van der Waals surface area contributed by atoms with Gasteiger partial charge in [-0.05, 0) is 12.5 Å². The second kappa shape index (κ2) is 7.40. The molecule has 0 aliphatic rings. The van der Waals surface area contributed by atoms with Crippen LogP contribution in [0.3, 0.4) is 0 Å². The number of carboxylic acids is 1. The number of rotatable bonds is 7. The summed E-state index contributed by atoms with van der Waals surface area (Å²) in [6.45, 7) is 2.30. The number of aromatic nitrogens is 2. The van der Waals surface area contributed by atoms with Gasteiger partial charge in [-0.3, -0.25) is 9.48 Å². The smallest absolute Gasteiger partial charge is 0.315 e. The average Bonchev–Trinajstić information content (AvgIpc) is 2.71. The van der Waals surface area contributed by atoms with E-state index in [1.807, 2.05) is 6.92 Å². The van der Waals surface area contributed by atoms with Gasteiger partial charge in [-0.25, -0.2) is 4.79 Å². The SMILES string of the molecule is CCCC(CC(=O)O)NC(=O)NCc1ccnn1C. The maximum absolute atomic E-state index is 11.7. The fourth-order valence-electron chi connectivity index (χ4n) is 1.77. The predicted octanol–water partition coefficient (Wildman–Crippen LogP) is 0.863. The first-order chi connectivity index (χ1) is 9.02. The van der Waals surface area contributed by atoms with E-state index in [1.165, 1.54) is 0 Å². The van der Waals surface area contributed by atoms with Crippen LogP contribution in [0.25, 0.3) is 0 Å². The lowest BCUT2D eigenvalue weighted by Gasteiger charge is -2.16. The summed E-state index contributed by atoms with van der Waals surface area (Å²) >= 11 is 0. The summed E-state index contributed by atoms with van der Waals surface area (Å²) in [5.74, 6) is -0.912. The first-order valence-corrected chi connectivity index (χ1v) is 6.26. The molecular formula is C12H20N4O3. The van der Waals surface area contributed by atoms with E-state index >= 15 is 0 Å². The van der Waals surface area contributed by atoms with E-state index in [0.29, 0.717) is 13.0 Å². The summed E-state index contributed by atoms with van der Waals surface area (Å²) in [6.07, 6.45) is 3.05. The largest absolute Gasteiger partial charge is 0.481 e. The summed E-state index contributed by atoms with van der Waals surface area (Å²) in [5, 5.41) is 18.1. The quantitative estimate of drug-likeness (QED) is 0.683. The van der Waals surface area contributed by atoms with Gasteiger partial charge in [-0.1, -0.05) is 13.3 Å². The van der Waals surface area contributed by atoms with Crippen molar-refractivity contribution in [1.82, 2.24) is 20.4 Å². The van der Waals surface area contributed by atoms with Gasteiger partial charge in [-0.15, -0.1) is 0 Å². The fraction of sp³-hybridized carbons (Fsp3) is 0.583. The molecule has 1 unspecified atom stereocenters. The van der Waals surface area contributed by atoms with E-state index in [2.05, 4.69) is 15.7 Å². The highest BCUT2D eigenvalue weighted by atomic mass is 16.4. The van der Waals surface area contributed by atoms with Crippen LogP contribution in [0.4, 0.5) is 4.79 Å². The lowest BCUT2D eigenvalue weighted by molar-refractivity contribution is -0.137. The van der Waals surface area contributed by atoms with Crippen molar-refractivity contribution >= 4 is 12.0 Å². The average molecular weight is 268 g/mol. The van der Waals surface area contributed by atoms with Crippen molar-refractivity contribution in [2.75, 3.05) is 0 Å². The van der Waals surface area contributed by atoms with Crippen molar-refractivity contribution in [2.24, 2.45) is 7.05 Å². The second-order valence-electron chi connectivity index (χ2n) is 4.36. The maximum atomic E-state index is 11.7. The molecule has 7 nitrogen and oxygen atoms in total. The first-order valence-electron chi connectivity index (χ1n) is 6.26. The lowest BCUT2D eigenvalue weighted by Crippen LogP contribution is -2.42. The molecule has 1 aromatic heterocycles. The molecule has 0 aromatic carbocycles. The van der Waals surface area contributed by atoms with Gasteiger partial charge in [0.2, 0.25) is 0 Å². The van der Waals surface area contributed by atoms with Crippen LogP contribution in [-0.4, -0.2) is 32.9 Å². The first kappa shape index (κ1) is 15.0. The Morgan fingerprint density at radius 3 is 2.79 bits per heavy atom. The summed E-state index contributed by atoms with van der Waals surface area (Å²) in [5.41, 5.74) is 0.875. The van der Waals surface area contributed by atoms with Crippen LogP contribution in [0.5, 0.6) is 0 Å². The second-order valence-corrected chi connectivity index (χ2v) is 4.36. The van der Waals surface area contributed by atoms with Crippen LogP contribution in [0.1, 0.15) is 31.9 Å². The van der Waals surface area contributed by atoms with E-state index in [4.69, 9.17) is 5.11 Å². The van der Waals surface area contributed by atoms with Crippen LogP contribution in [0.15, 0.2) is 12.3 Å². The van der Waals surface area contributed by atoms with Crippen molar-refractivity contribution in [3.05, 3.63) is 18.0 Å². The van der Waals surface area contributed by atoms with Crippen LogP contribution in [-0.2, 0) is 18.4 Å². The number of nitrogens with zero attached hydrogens (tertiary/aromatic N) is 2. The predicted molar refractivity (Wildman–Crippen MR) is 69.5 cm³/mol. The van der Waals surface area contributed by atoms with Crippen LogP contribution in [0, 0.1) is 0 Å². The van der Waals surface area contributed by atoms with Crippen molar-refractivity contribution < 1.29 is 14.7 Å². The summed E-state index contributed by atoms with van der Waals surface area (Å²) in [4.78, 5) is 22.3. The van der Waals surface area contributed by atoms with Crippen LogP contribution in [0.2, 0.25) is 0 Å². The number of carbonyl (C=O) groups excluding carboxylic acids is 1. The van der Waals surface area contributed by atoms with E-state index in [-0.39, 0.29) is 18.5 Å². The van der Waals surface area contributed by atoms with E-state index in [9.17, 15) is 9.59 Å². The Morgan fingerprint density at radius 1 is 1.53 bits per heavy atom. The molecule has 0 radical (unpaired) electrons. The molecule has 1 rings (SSSR count). The maximum Gasteiger partial charge on any atom is 0.315 e. The molecule has 0 saturated carbocycles. The highest BCUT2D eigenvalue weighted by Gasteiger charge is 2.14. The molecule has 2 amide bonds. The van der Waals surface area contributed by atoms with Gasteiger partial charge in [0.15, 0.2) is 0 Å². The normalized spacial score (nSPS) is 11.9. The zero-order valence-electron chi connectivity index (χ0n) is 11.2. The third kappa shape index (κ3) is 5.41. The van der Waals surface area contributed by atoms with Crippen LogP contribution < -0.4 is 10.6 Å². The number of carbonyl (C=O) groups is 2. The Kier molecular flexibility index (Phi) is 5.84. The third-order valence-electron chi connectivity index (χ3n) is 2.75. The van der Waals surface area contributed by atoms with Gasteiger partial charge in [0.05, 0.1) is 18.7 Å². The Morgan fingerprint density at radius 2 is 2.26 bits per heavy atom. The number of hydrogen-bond donors (Lipinski definition) is 3. The number of urea groups is 1. The van der Waals surface area contributed by atoms with E-state index < -0.39 is 5.97 Å². The fourth-order valence-corrected chi connectivity index (χ4v) is 1.77. The van der Waals surface area contributed by atoms with Gasteiger partial charge in [-0.2, -0.15) is 5.10 Å². The molecule has 0 aliphatic carbocycles. The van der Waals surface area contributed by atoms with Crippen LogP contribution >= 0.6 is 0 Å². The number of carboxylic acid groups (broad SMARTS) is 1. The molecule has 0 spiro atoms. The highest BCUT2D eigenvalue weighted by molar-refractivity contribution is 5.75. The zero-order valence-corrected chi connectivity index (χ0v) is 11.2. The number of nitrogens with one attached hydrogen (secondary N) is 2. The van der Waals surface area contributed by atoms with Gasteiger partial charge >= 0.3 is 12.0 Å². The van der Waals surface area contributed by atoms with Crippen molar-refractivity contribution in [3.63, 3.8) is 0 Å². The van der Waals surface area contributed by atoms with Crippen molar-refractivity contribution in [2.45, 2.75) is 38.8 Å². The molecule has 0 bridgehead atoms. The molecule has 3 N–H and O–H groups in total. The minimum Gasteiger partial charge on any atom is -0.481 e. The Labute approximate surface area is 112 Å². The molecule has 0 fully saturated rings. The van der Waals surface area contributed by atoms with Crippen molar-refractivity contribution in [3.8, 4) is 0 Å². The van der Waals surface area contributed by atoms with Gasteiger partial charge < -0.3 is 15.7 Å². The Bertz CT molecular complexity index is 430. The summed E-state index contributed by atoms with van der Waals surface area (Å²) < 4.78 is 1.67. The molecule has 1 heterocycles. The molecule has 1 aromatic rings. The molecule has 19 heavy (non-hydrogen) atoms. The highest BCUT2D eigenvalue weighted by Crippen LogP contribution is 2.02. The summed E-state index contributed by atoms with van der Waals surface area (Å²) in [7, 11) is 1.79. The topological polar surface area (TPSA) is 96.2 Å².